The van der Waals surface area contributed by atoms with Gasteiger partial charge in [0.15, 0.2) is 0 Å². The normalized spacial score (nSPS) is 25.5. The summed E-state index contributed by atoms with van der Waals surface area (Å²) in [5.41, 5.74) is 9.30. The zero-order chi connectivity index (χ0) is 20.8. The van der Waals surface area contributed by atoms with Crippen LogP contribution in [0, 0.1) is 5.92 Å². The average Bonchev–Trinajstić information content (AvgIpc) is 3.28. The number of hydrogen-bond acceptors (Lipinski definition) is 4. The number of phenols is 1. The molecule has 4 unspecified atom stereocenters. The molecule has 152 valence electrons. The van der Waals surface area contributed by atoms with E-state index in [-0.39, 0.29) is 35.7 Å². The monoisotopic (exact) mass is 483 g/mol. The van der Waals surface area contributed by atoms with Gasteiger partial charge in [0, 0.05) is 21.1 Å². The van der Waals surface area contributed by atoms with Crippen molar-refractivity contribution in [2.75, 3.05) is 4.90 Å². The van der Waals surface area contributed by atoms with Gasteiger partial charge in [-0.2, -0.15) is 0 Å². The van der Waals surface area contributed by atoms with Gasteiger partial charge in [0.2, 0.25) is 5.91 Å². The number of rotatable bonds is 3. The zero-order valence-corrected chi connectivity index (χ0v) is 18.1. The molecule has 30 heavy (non-hydrogen) atoms. The molecule has 0 spiro atoms. The number of fused-ring (bicyclic) bond motifs is 1. The van der Waals surface area contributed by atoms with Crippen LogP contribution >= 0.6 is 27.5 Å². The van der Waals surface area contributed by atoms with Crippen LogP contribution in [0.1, 0.15) is 23.2 Å². The van der Waals surface area contributed by atoms with E-state index in [1.54, 1.807) is 24.3 Å². The summed E-state index contributed by atoms with van der Waals surface area (Å²) in [4.78, 5) is 15.3. The van der Waals surface area contributed by atoms with Crippen LogP contribution in [0.3, 0.4) is 0 Å². The number of hydrazine groups is 1. The first-order chi connectivity index (χ1) is 14.5. The number of amides is 1. The predicted molar refractivity (Wildman–Crippen MR) is 120 cm³/mol. The molecule has 0 bridgehead atoms. The van der Waals surface area contributed by atoms with Crippen LogP contribution in [0.25, 0.3) is 0 Å². The number of benzene rings is 3. The highest BCUT2D eigenvalue weighted by atomic mass is 79.9. The molecule has 2 aliphatic rings. The number of carbonyl (C=O) groups is 1. The molecule has 0 aliphatic carbocycles. The molecule has 2 aliphatic heterocycles. The van der Waals surface area contributed by atoms with Gasteiger partial charge in [-0.15, -0.1) is 0 Å². The number of phenolic OH excluding ortho intramolecular Hbond substituents is 1. The van der Waals surface area contributed by atoms with E-state index in [9.17, 15) is 9.90 Å². The first-order valence-corrected chi connectivity index (χ1v) is 10.8. The third-order valence-electron chi connectivity index (χ3n) is 5.86. The van der Waals surface area contributed by atoms with Crippen molar-refractivity contribution in [1.29, 1.82) is 0 Å². The maximum atomic E-state index is 13.5. The topological polar surface area (TPSA) is 64.6 Å². The van der Waals surface area contributed by atoms with Crippen LogP contribution in [-0.4, -0.2) is 17.1 Å². The Labute approximate surface area is 187 Å². The molecule has 3 aromatic carbocycles. The summed E-state index contributed by atoms with van der Waals surface area (Å²) in [5.74, 6) is 0.0949. The quantitative estimate of drug-likeness (QED) is 0.503. The molecule has 2 heterocycles. The fourth-order valence-electron chi connectivity index (χ4n) is 4.56. The summed E-state index contributed by atoms with van der Waals surface area (Å²) in [6.07, 6.45) is 0. The SMILES string of the molecule is O=C1C2NNC(c3ccc(Br)cc3)C2C(c2cccc(O)c2)N1c1ccc(Cl)cc1. The Bertz CT molecular complexity index is 1090. The Balaban J connectivity index is 1.63. The number of carbonyl (C=O) groups excluding carboxylic acids is 1. The molecule has 0 saturated carbocycles. The van der Waals surface area contributed by atoms with Gasteiger partial charge in [-0.25, -0.2) is 10.9 Å². The van der Waals surface area contributed by atoms with Crippen LogP contribution in [0.15, 0.2) is 77.3 Å². The number of halogens is 2. The molecule has 4 atom stereocenters. The number of aromatic hydroxyl groups is 1. The molecule has 1 amide bonds. The van der Waals surface area contributed by atoms with E-state index < -0.39 is 0 Å². The zero-order valence-electron chi connectivity index (χ0n) is 15.8. The molecule has 0 aromatic heterocycles. The van der Waals surface area contributed by atoms with Gasteiger partial charge in [0.05, 0.1) is 12.1 Å². The smallest absolute Gasteiger partial charge is 0.246 e. The number of hydrogen-bond donors (Lipinski definition) is 3. The first-order valence-electron chi connectivity index (χ1n) is 9.67. The maximum absolute atomic E-state index is 13.5. The van der Waals surface area contributed by atoms with Gasteiger partial charge in [0.1, 0.15) is 11.8 Å². The molecule has 3 N–H and O–H groups in total. The van der Waals surface area contributed by atoms with Crippen molar-refractivity contribution in [3.63, 3.8) is 0 Å². The fourth-order valence-corrected chi connectivity index (χ4v) is 4.95. The summed E-state index contributed by atoms with van der Waals surface area (Å²) in [6.45, 7) is 0. The van der Waals surface area contributed by atoms with E-state index in [4.69, 9.17) is 11.6 Å². The van der Waals surface area contributed by atoms with Crippen LogP contribution in [0.2, 0.25) is 5.02 Å². The minimum absolute atomic E-state index is 0.0113. The second-order valence-corrected chi connectivity index (χ2v) is 8.95. The van der Waals surface area contributed by atoms with Gasteiger partial charge < -0.3 is 10.0 Å². The van der Waals surface area contributed by atoms with Gasteiger partial charge in [-0.05, 0) is 59.7 Å². The highest BCUT2D eigenvalue weighted by Gasteiger charge is 2.56. The summed E-state index contributed by atoms with van der Waals surface area (Å²) in [5, 5.41) is 10.7. The summed E-state index contributed by atoms with van der Waals surface area (Å²) in [7, 11) is 0. The Kier molecular flexibility index (Phi) is 5.03. The van der Waals surface area contributed by atoms with Crippen molar-refractivity contribution in [3.05, 3.63) is 93.4 Å². The third kappa shape index (κ3) is 3.30. The van der Waals surface area contributed by atoms with Crippen molar-refractivity contribution in [3.8, 4) is 5.75 Å². The predicted octanol–water partition coefficient (Wildman–Crippen LogP) is 4.73. The summed E-state index contributed by atoms with van der Waals surface area (Å²) >= 11 is 9.56. The molecule has 5 nitrogen and oxygen atoms in total. The Morgan fingerprint density at radius 1 is 0.900 bits per heavy atom. The minimum Gasteiger partial charge on any atom is -0.508 e. The lowest BCUT2D eigenvalue weighted by molar-refractivity contribution is -0.119. The number of nitrogens with one attached hydrogen (secondary N) is 2. The fraction of sp³-hybridized carbons (Fsp3) is 0.174. The van der Waals surface area contributed by atoms with Crippen molar-refractivity contribution in [2.24, 2.45) is 5.92 Å². The molecule has 3 aromatic rings. The van der Waals surface area contributed by atoms with Crippen molar-refractivity contribution in [2.45, 2.75) is 18.1 Å². The van der Waals surface area contributed by atoms with Gasteiger partial charge in [-0.1, -0.05) is 51.8 Å². The average molecular weight is 485 g/mol. The van der Waals surface area contributed by atoms with Gasteiger partial charge in [-0.3, -0.25) is 4.79 Å². The van der Waals surface area contributed by atoms with Crippen LogP contribution < -0.4 is 15.8 Å². The van der Waals surface area contributed by atoms with E-state index in [1.165, 1.54) is 0 Å². The summed E-state index contributed by atoms with van der Waals surface area (Å²) in [6, 6.07) is 21.8. The van der Waals surface area contributed by atoms with E-state index in [0.29, 0.717) is 5.02 Å². The first kappa shape index (κ1) is 19.6. The van der Waals surface area contributed by atoms with E-state index in [2.05, 4.69) is 38.9 Å². The summed E-state index contributed by atoms with van der Waals surface area (Å²) < 4.78 is 1.00. The molecule has 5 rings (SSSR count). The van der Waals surface area contributed by atoms with Crippen LogP contribution in [0.5, 0.6) is 5.75 Å². The standard InChI is InChI=1S/C23H19BrClN3O2/c24-15-6-4-13(5-7-15)20-19-21(27-26-20)23(30)28(17-10-8-16(25)9-11-17)22(19)14-2-1-3-18(29)12-14/h1-12,19-22,26-27,29H. The van der Waals surface area contributed by atoms with E-state index >= 15 is 0 Å². The second-order valence-electron chi connectivity index (χ2n) is 7.60. The Hall–Kier alpha value is -2.38. The highest BCUT2D eigenvalue weighted by Crippen LogP contribution is 2.49. The third-order valence-corrected chi connectivity index (χ3v) is 6.64. The van der Waals surface area contributed by atoms with Crippen molar-refractivity contribution >= 4 is 39.1 Å². The second kappa shape index (κ2) is 7.71. The molecule has 0 radical (unpaired) electrons. The maximum Gasteiger partial charge on any atom is 0.246 e. The minimum atomic E-state index is -0.387. The lowest BCUT2D eigenvalue weighted by atomic mass is 9.83. The molecule has 7 heteroatoms. The van der Waals surface area contributed by atoms with E-state index in [1.807, 2.05) is 41.3 Å². The number of nitrogens with zero attached hydrogens (tertiary/aromatic N) is 1. The van der Waals surface area contributed by atoms with Crippen LogP contribution in [-0.2, 0) is 4.79 Å². The molecular formula is C23H19BrClN3O2. The highest BCUT2D eigenvalue weighted by molar-refractivity contribution is 9.10. The lowest BCUT2D eigenvalue weighted by Gasteiger charge is -2.31. The Morgan fingerprint density at radius 2 is 1.60 bits per heavy atom. The van der Waals surface area contributed by atoms with Gasteiger partial charge in [0.25, 0.3) is 0 Å². The van der Waals surface area contributed by atoms with Gasteiger partial charge >= 0.3 is 0 Å². The van der Waals surface area contributed by atoms with Crippen molar-refractivity contribution in [1.82, 2.24) is 10.9 Å². The lowest BCUT2D eigenvalue weighted by Crippen LogP contribution is -2.41. The van der Waals surface area contributed by atoms with E-state index in [0.717, 1.165) is 21.3 Å². The molecular weight excluding hydrogens is 466 g/mol. The molecule has 2 fully saturated rings. The largest absolute Gasteiger partial charge is 0.508 e. The van der Waals surface area contributed by atoms with Crippen LogP contribution in [0.4, 0.5) is 5.69 Å². The Morgan fingerprint density at radius 3 is 2.30 bits per heavy atom. The van der Waals surface area contributed by atoms with Crippen molar-refractivity contribution < 1.29 is 9.90 Å². The number of anilines is 1. The molecule has 2 saturated heterocycles.